The standard InChI is InChI=1S/C16H19F2N3O/c17-13-7-6-12(11-14(13)18)16-19-15(22-20-16)5-4-10-21-8-2-1-3-9-21/h6-7,11H,1-5,8-10H2. The van der Waals surface area contributed by atoms with E-state index in [2.05, 4.69) is 15.0 Å². The van der Waals surface area contributed by atoms with Crippen LogP contribution in [0.25, 0.3) is 11.4 Å². The minimum atomic E-state index is -0.908. The lowest BCUT2D eigenvalue weighted by Crippen LogP contribution is -2.30. The van der Waals surface area contributed by atoms with Crippen molar-refractivity contribution in [3.05, 3.63) is 35.7 Å². The second-order valence-electron chi connectivity index (χ2n) is 5.65. The average Bonchev–Trinajstić information content (AvgIpc) is 3.00. The van der Waals surface area contributed by atoms with Crippen LogP contribution in [0, 0.1) is 11.6 Å². The van der Waals surface area contributed by atoms with Crippen molar-refractivity contribution in [3.8, 4) is 11.4 Å². The van der Waals surface area contributed by atoms with Crippen LogP contribution >= 0.6 is 0 Å². The Balaban J connectivity index is 1.55. The lowest BCUT2D eigenvalue weighted by molar-refractivity contribution is 0.223. The van der Waals surface area contributed by atoms with Gasteiger partial charge in [0.15, 0.2) is 11.6 Å². The predicted molar refractivity (Wildman–Crippen MR) is 78.3 cm³/mol. The second kappa shape index (κ2) is 6.96. The Morgan fingerprint density at radius 2 is 1.91 bits per heavy atom. The lowest BCUT2D eigenvalue weighted by atomic mass is 10.1. The van der Waals surface area contributed by atoms with E-state index in [1.165, 1.54) is 38.4 Å². The van der Waals surface area contributed by atoms with Crippen molar-refractivity contribution in [1.29, 1.82) is 0 Å². The van der Waals surface area contributed by atoms with Gasteiger partial charge in [-0.3, -0.25) is 0 Å². The molecule has 0 radical (unpaired) electrons. The van der Waals surface area contributed by atoms with E-state index in [1.807, 2.05) is 0 Å². The summed E-state index contributed by atoms with van der Waals surface area (Å²) in [6.45, 7) is 3.37. The molecule has 1 saturated heterocycles. The molecule has 1 aliphatic heterocycles. The first-order valence-electron chi connectivity index (χ1n) is 7.73. The number of hydrogen-bond donors (Lipinski definition) is 0. The Morgan fingerprint density at radius 3 is 2.68 bits per heavy atom. The summed E-state index contributed by atoms with van der Waals surface area (Å²) in [4.78, 5) is 6.70. The number of hydrogen-bond acceptors (Lipinski definition) is 4. The molecule has 4 nitrogen and oxygen atoms in total. The molecule has 0 atom stereocenters. The molecule has 22 heavy (non-hydrogen) atoms. The molecule has 2 heterocycles. The summed E-state index contributed by atoms with van der Waals surface area (Å²) in [6, 6.07) is 3.59. The fourth-order valence-corrected chi connectivity index (χ4v) is 2.75. The highest BCUT2D eigenvalue weighted by molar-refractivity contribution is 5.54. The van der Waals surface area contributed by atoms with Gasteiger partial charge in [-0.25, -0.2) is 8.78 Å². The third-order valence-corrected chi connectivity index (χ3v) is 3.96. The molecule has 0 N–H and O–H groups in total. The van der Waals surface area contributed by atoms with Crippen LogP contribution in [0.3, 0.4) is 0 Å². The molecule has 1 aromatic carbocycles. The maximum atomic E-state index is 13.2. The third-order valence-electron chi connectivity index (χ3n) is 3.96. The Morgan fingerprint density at radius 1 is 1.09 bits per heavy atom. The van der Waals surface area contributed by atoms with Crippen molar-refractivity contribution in [2.45, 2.75) is 32.1 Å². The van der Waals surface area contributed by atoms with Crippen molar-refractivity contribution < 1.29 is 13.3 Å². The fourth-order valence-electron chi connectivity index (χ4n) is 2.75. The molecule has 0 aliphatic carbocycles. The molecular formula is C16H19F2N3O. The van der Waals surface area contributed by atoms with Crippen LogP contribution in [0.2, 0.25) is 0 Å². The van der Waals surface area contributed by atoms with Gasteiger partial charge in [0.25, 0.3) is 0 Å². The average molecular weight is 307 g/mol. The summed E-state index contributed by atoms with van der Waals surface area (Å²) in [5, 5.41) is 3.83. The van der Waals surface area contributed by atoms with E-state index in [0.29, 0.717) is 23.7 Å². The van der Waals surface area contributed by atoms with Gasteiger partial charge in [0.05, 0.1) is 0 Å². The van der Waals surface area contributed by atoms with Crippen LogP contribution in [0.5, 0.6) is 0 Å². The van der Waals surface area contributed by atoms with Gasteiger partial charge in [0.2, 0.25) is 11.7 Å². The Kier molecular flexibility index (Phi) is 4.77. The molecule has 0 unspecified atom stereocenters. The molecule has 0 amide bonds. The fraction of sp³-hybridized carbons (Fsp3) is 0.500. The smallest absolute Gasteiger partial charge is 0.227 e. The SMILES string of the molecule is Fc1ccc(-c2noc(CCCN3CCCCC3)n2)cc1F. The number of aromatic nitrogens is 2. The molecule has 0 saturated carbocycles. The van der Waals surface area contributed by atoms with Crippen molar-refractivity contribution in [2.24, 2.45) is 0 Å². The summed E-state index contributed by atoms with van der Waals surface area (Å²) >= 11 is 0. The van der Waals surface area contributed by atoms with E-state index in [1.54, 1.807) is 0 Å². The van der Waals surface area contributed by atoms with Gasteiger partial charge in [0.1, 0.15) is 0 Å². The van der Waals surface area contributed by atoms with Gasteiger partial charge in [0, 0.05) is 12.0 Å². The van der Waals surface area contributed by atoms with Gasteiger partial charge in [-0.15, -0.1) is 0 Å². The monoisotopic (exact) mass is 307 g/mol. The number of likely N-dealkylation sites (tertiary alicyclic amines) is 1. The van der Waals surface area contributed by atoms with E-state index < -0.39 is 11.6 Å². The first-order chi connectivity index (χ1) is 10.7. The van der Waals surface area contributed by atoms with Gasteiger partial charge >= 0.3 is 0 Å². The quantitative estimate of drug-likeness (QED) is 0.848. The summed E-state index contributed by atoms with van der Waals surface area (Å²) < 4.78 is 31.3. The van der Waals surface area contributed by atoms with Crippen LogP contribution < -0.4 is 0 Å². The first-order valence-corrected chi connectivity index (χ1v) is 7.73. The molecule has 3 rings (SSSR count). The zero-order valence-corrected chi connectivity index (χ0v) is 12.4. The number of piperidine rings is 1. The molecule has 6 heteroatoms. The van der Waals surface area contributed by atoms with E-state index in [9.17, 15) is 8.78 Å². The van der Waals surface area contributed by atoms with E-state index in [-0.39, 0.29) is 0 Å². The van der Waals surface area contributed by atoms with Gasteiger partial charge in [-0.1, -0.05) is 11.6 Å². The van der Waals surface area contributed by atoms with E-state index >= 15 is 0 Å². The van der Waals surface area contributed by atoms with Crippen molar-refractivity contribution in [1.82, 2.24) is 15.0 Å². The Labute approximate surface area is 128 Å². The van der Waals surface area contributed by atoms with Crippen molar-refractivity contribution in [3.63, 3.8) is 0 Å². The minimum absolute atomic E-state index is 0.298. The number of benzene rings is 1. The summed E-state index contributed by atoms with van der Waals surface area (Å²) in [5.74, 6) is -0.952. The van der Waals surface area contributed by atoms with E-state index in [4.69, 9.17) is 4.52 Å². The Hall–Kier alpha value is -1.82. The minimum Gasteiger partial charge on any atom is -0.339 e. The summed E-state index contributed by atoms with van der Waals surface area (Å²) in [6.07, 6.45) is 5.55. The van der Waals surface area contributed by atoms with Gasteiger partial charge in [-0.2, -0.15) is 4.98 Å². The largest absolute Gasteiger partial charge is 0.339 e. The van der Waals surface area contributed by atoms with Crippen LogP contribution in [-0.4, -0.2) is 34.7 Å². The molecule has 1 aromatic heterocycles. The van der Waals surface area contributed by atoms with Crippen LogP contribution in [0.4, 0.5) is 8.78 Å². The highest BCUT2D eigenvalue weighted by Gasteiger charge is 2.13. The highest BCUT2D eigenvalue weighted by atomic mass is 19.2. The molecule has 0 spiro atoms. The molecule has 1 aliphatic rings. The summed E-state index contributed by atoms with van der Waals surface area (Å²) in [5.41, 5.74) is 0.421. The zero-order valence-electron chi connectivity index (χ0n) is 12.4. The number of rotatable bonds is 5. The molecule has 118 valence electrons. The zero-order chi connectivity index (χ0) is 15.4. The second-order valence-corrected chi connectivity index (χ2v) is 5.65. The molecule has 2 aromatic rings. The highest BCUT2D eigenvalue weighted by Crippen LogP contribution is 2.19. The number of halogens is 2. The van der Waals surface area contributed by atoms with Crippen molar-refractivity contribution >= 4 is 0 Å². The predicted octanol–water partition coefficient (Wildman–Crippen LogP) is 3.43. The van der Waals surface area contributed by atoms with Crippen LogP contribution in [-0.2, 0) is 6.42 Å². The van der Waals surface area contributed by atoms with Gasteiger partial charge < -0.3 is 9.42 Å². The number of nitrogens with zero attached hydrogens (tertiary/aromatic N) is 3. The Bertz CT molecular complexity index is 624. The maximum Gasteiger partial charge on any atom is 0.227 e. The summed E-state index contributed by atoms with van der Waals surface area (Å²) in [7, 11) is 0. The van der Waals surface area contributed by atoms with Crippen molar-refractivity contribution in [2.75, 3.05) is 19.6 Å². The maximum absolute atomic E-state index is 13.2. The normalized spacial score (nSPS) is 16.1. The van der Waals surface area contributed by atoms with Gasteiger partial charge in [-0.05, 0) is 57.1 Å². The number of aryl methyl sites for hydroxylation is 1. The molecule has 1 fully saturated rings. The molecular weight excluding hydrogens is 288 g/mol. The first kappa shape index (κ1) is 15.1. The van der Waals surface area contributed by atoms with Crippen LogP contribution in [0.15, 0.2) is 22.7 Å². The van der Waals surface area contributed by atoms with Crippen LogP contribution in [0.1, 0.15) is 31.6 Å². The lowest BCUT2D eigenvalue weighted by Gasteiger charge is -2.25. The molecule has 0 bridgehead atoms. The topological polar surface area (TPSA) is 42.2 Å². The van der Waals surface area contributed by atoms with E-state index in [0.717, 1.165) is 25.1 Å². The third kappa shape index (κ3) is 3.68.